The van der Waals surface area contributed by atoms with E-state index in [9.17, 15) is 26.4 Å². The summed E-state index contributed by atoms with van der Waals surface area (Å²) in [5, 5.41) is 7.38. The predicted molar refractivity (Wildman–Crippen MR) is 314 cm³/mol. The molecule has 0 radical (unpaired) electrons. The first-order chi connectivity index (χ1) is 39.0. The summed E-state index contributed by atoms with van der Waals surface area (Å²) in [6, 6.07) is 11.0. The molecule has 0 spiro atoms. The van der Waals surface area contributed by atoms with Crippen LogP contribution in [0.5, 0.6) is 11.5 Å². The Kier molecular flexibility index (Phi) is 26.2. The third-order valence-electron chi connectivity index (χ3n) is 14.1. The number of hydrogen-bond donors (Lipinski definition) is 3. The van der Waals surface area contributed by atoms with Crippen molar-refractivity contribution < 1.29 is 63.6 Å². The van der Waals surface area contributed by atoms with E-state index >= 15 is 8.78 Å². The van der Waals surface area contributed by atoms with Crippen LogP contribution >= 0.6 is 46.4 Å². The van der Waals surface area contributed by atoms with Gasteiger partial charge in [-0.3, -0.25) is 4.79 Å². The second-order valence-electron chi connectivity index (χ2n) is 20.7. The molecule has 3 N–H and O–H groups in total. The summed E-state index contributed by atoms with van der Waals surface area (Å²) >= 11 is 25.5. The fraction of sp³-hybridized carbons (Fsp3) is 0.544. The molecule has 0 aromatic heterocycles. The Morgan fingerprint density at radius 3 is 1.56 bits per heavy atom. The summed E-state index contributed by atoms with van der Waals surface area (Å²) < 4.78 is 121. The van der Waals surface area contributed by atoms with E-state index in [4.69, 9.17) is 74.8 Å². The number of nitrogens with one attached hydrogen (secondary N) is 3. The van der Waals surface area contributed by atoms with Gasteiger partial charge < -0.3 is 48.9 Å². The number of unbranched alkanes of at least 4 members (excludes halogenated alkanes) is 2. The fourth-order valence-electron chi connectivity index (χ4n) is 9.83. The molecule has 454 valence electrons. The number of halogens is 6. The lowest BCUT2D eigenvalue weighted by molar-refractivity contribution is -0.119. The van der Waals surface area contributed by atoms with E-state index in [0.29, 0.717) is 89.3 Å². The third kappa shape index (κ3) is 19.3. The Morgan fingerprint density at radius 2 is 1.02 bits per heavy atom. The minimum absolute atomic E-state index is 0.0462. The van der Waals surface area contributed by atoms with Crippen LogP contribution in [0.25, 0.3) is 0 Å². The van der Waals surface area contributed by atoms with Gasteiger partial charge in [-0.2, -0.15) is 0 Å². The maximum Gasteiger partial charge on any atom is 0.314 e. The zero-order valence-corrected chi connectivity index (χ0v) is 51.8. The monoisotopic (exact) mass is 1260 g/mol. The Labute approximate surface area is 501 Å². The molecule has 6 rings (SSSR count). The molecule has 17 nitrogen and oxygen atoms in total. The van der Waals surface area contributed by atoms with Crippen LogP contribution in [0.3, 0.4) is 0 Å². The van der Waals surface area contributed by atoms with Crippen LogP contribution in [-0.4, -0.2) is 157 Å². The van der Waals surface area contributed by atoms with Gasteiger partial charge in [-0.1, -0.05) is 52.8 Å². The molecule has 0 unspecified atom stereocenters. The summed E-state index contributed by atoms with van der Waals surface area (Å²) in [5.41, 5.74) is 3.93. The van der Waals surface area contributed by atoms with Crippen LogP contribution in [0.4, 0.5) is 13.6 Å². The van der Waals surface area contributed by atoms with Crippen LogP contribution in [0, 0.1) is 25.5 Å². The minimum Gasteiger partial charge on any atom is -0.481 e. The average molecular weight is 1270 g/mol. The molecule has 0 aliphatic heterocycles. The lowest BCUT2D eigenvalue weighted by atomic mass is 10.1. The number of fused-ring (bicyclic) bond motifs is 2. The number of Topliss-reactive ketones (excluding diaryl/α,β-unsaturated/α-hetero) is 1. The summed E-state index contributed by atoms with van der Waals surface area (Å²) in [4.78, 5) is 28.1. The number of carbonyl (C=O) groups excluding carboxylic acids is 2. The molecular weight excluding hydrogens is 1190 g/mol. The molecule has 0 saturated carbocycles. The van der Waals surface area contributed by atoms with Gasteiger partial charge in [0.15, 0.2) is 33.0 Å². The number of ketones is 1. The van der Waals surface area contributed by atoms with Crippen molar-refractivity contribution in [3.05, 3.63) is 114 Å². The van der Waals surface area contributed by atoms with Crippen LogP contribution < -0.4 is 24.8 Å². The molecule has 2 aliphatic carbocycles. The first kappa shape index (κ1) is 67.2. The zero-order chi connectivity index (χ0) is 59.7. The number of sulfone groups is 1. The number of likely N-dealkylation sites (N-methyl/N-ethyl adjacent to an activating group) is 2. The second kappa shape index (κ2) is 32.0. The summed E-state index contributed by atoms with van der Waals surface area (Å²) in [7, 11) is -0.331. The topological polar surface area (TPSA) is 200 Å². The Balaban J connectivity index is 0.722. The minimum atomic E-state index is -4.07. The molecule has 4 aromatic carbocycles. The van der Waals surface area contributed by atoms with Gasteiger partial charge in [-0.05, 0) is 151 Å². The van der Waals surface area contributed by atoms with Crippen LogP contribution in [-0.2, 0) is 56.4 Å². The van der Waals surface area contributed by atoms with Gasteiger partial charge in [-0.25, -0.2) is 35.1 Å². The van der Waals surface area contributed by atoms with Crippen molar-refractivity contribution in [2.75, 3.05) is 106 Å². The maximum absolute atomic E-state index is 15.5. The first-order valence-corrected chi connectivity index (χ1v) is 31.9. The van der Waals surface area contributed by atoms with Crippen molar-refractivity contribution >= 4 is 78.1 Å². The number of hydrogen-bond acceptors (Lipinski definition) is 14. The zero-order valence-electron chi connectivity index (χ0n) is 47.2. The molecule has 4 aromatic rings. The number of carbonyl (C=O) groups is 2. The Hall–Kier alpha value is -3.94. The van der Waals surface area contributed by atoms with Crippen LogP contribution in [0.1, 0.15) is 90.5 Å². The van der Waals surface area contributed by atoms with Gasteiger partial charge >= 0.3 is 6.03 Å². The molecule has 0 bridgehead atoms. The number of sulfonamides is 1. The maximum atomic E-state index is 15.5. The van der Waals surface area contributed by atoms with Gasteiger partial charge in [0.2, 0.25) is 10.0 Å². The fourth-order valence-corrected chi connectivity index (χ4v) is 13.8. The molecule has 0 heterocycles. The van der Waals surface area contributed by atoms with E-state index in [1.165, 1.54) is 12.1 Å². The molecule has 2 amide bonds. The van der Waals surface area contributed by atoms with E-state index in [2.05, 4.69) is 15.4 Å². The molecule has 2 aliphatic rings. The van der Waals surface area contributed by atoms with Crippen LogP contribution in [0.2, 0.25) is 20.1 Å². The number of rotatable bonds is 35. The normalized spacial score (nSPS) is 16.9. The van der Waals surface area contributed by atoms with Gasteiger partial charge in [-0.15, -0.1) is 0 Å². The standard InChI is InChI=1S/C57H75Cl4F2N5O12S2/c1-36-26-51(79-55-43-28-38(58)30-45(60)41(43)32-49(55)67(3)4)47(62)34-53(36)81(71,72)25-11-18-76-22-23-77-19-15-65-57(70)64-14-9-7-8-12-40(69)13-10-17-75-21-24-78-20-16-66-82(73,74)54-35-48(63)52(27-37(54)2)80-56-44-29-39(59)31-46(61)42(44)33-50(56)68(5)6/h26-31,34-35,49-50,55-56,66H,7-25,32-33H2,1-6H3,(H2,64,65,70)/t49-,50-,55-,56-/m0/s1. The molecule has 4 atom stereocenters. The molecule has 0 fully saturated rings. The van der Waals surface area contributed by atoms with Crippen molar-refractivity contribution in [1.29, 1.82) is 0 Å². The Morgan fingerprint density at radius 1 is 0.561 bits per heavy atom. The van der Waals surface area contributed by atoms with E-state index in [1.807, 2.05) is 38.0 Å². The highest BCUT2D eigenvalue weighted by Gasteiger charge is 2.40. The van der Waals surface area contributed by atoms with E-state index < -0.39 is 43.7 Å². The number of nitrogens with zero attached hydrogens (tertiary/aromatic N) is 2. The largest absolute Gasteiger partial charge is 0.481 e. The second-order valence-corrected chi connectivity index (χ2v) is 26.2. The average Bonchev–Trinajstić information content (AvgIpc) is 3.75. The quantitative estimate of drug-likeness (QED) is 0.0368. The number of ether oxygens (including phenoxy) is 6. The number of amides is 2. The highest BCUT2D eigenvalue weighted by atomic mass is 35.5. The first-order valence-electron chi connectivity index (χ1n) is 27.3. The van der Waals surface area contributed by atoms with Crippen molar-refractivity contribution in [2.24, 2.45) is 0 Å². The van der Waals surface area contributed by atoms with E-state index in [0.717, 1.165) is 40.8 Å². The predicted octanol–water partition coefficient (Wildman–Crippen LogP) is 9.83. The highest BCUT2D eigenvalue weighted by Crippen LogP contribution is 2.45. The van der Waals surface area contributed by atoms with Crippen molar-refractivity contribution in [3.63, 3.8) is 0 Å². The van der Waals surface area contributed by atoms with Gasteiger partial charge in [0.05, 0.1) is 67.3 Å². The smallest absolute Gasteiger partial charge is 0.314 e. The summed E-state index contributed by atoms with van der Waals surface area (Å²) in [6.45, 7) is 5.61. The highest BCUT2D eigenvalue weighted by molar-refractivity contribution is 7.91. The van der Waals surface area contributed by atoms with Crippen molar-refractivity contribution in [3.8, 4) is 11.5 Å². The lowest BCUT2D eigenvalue weighted by Gasteiger charge is -2.27. The van der Waals surface area contributed by atoms with E-state index in [1.54, 1.807) is 38.1 Å². The number of urea groups is 1. The van der Waals surface area contributed by atoms with Crippen molar-refractivity contribution in [1.82, 2.24) is 25.2 Å². The molecular formula is C57H75Cl4F2N5O12S2. The third-order valence-corrected chi connectivity index (χ3v) is 18.8. The SMILES string of the molecule is Cc1cc(O[C@H]2c3cc(Cl)cc(Cl)c3C[C@@H]2N(C)C)c(F)cc1S(=O)(=O)CCCOCCOCCNC(=O)NCCCCCC(=O)CCCOCCOCCNS(=O)(=O)c1cc(F)c(O[C@H]2c3cc(Cl)cc(Cl)c3C[C@@H]2N(C)C)cc1C. The molecule has 82 heavy (non-hydrogen) atoms. The van der Waals surface area contributed by atoms with Crippen LogP contribution in [0.15, 0.2) is 58.3 Å². The van der Waals surface area contributed by atoms with Gasteiger partial charge in [0.25, 0.3) is 0 Å². The Bertz CT molecular complexity index is 2850. The lowest BCUT2D eigenvalue weighted by Crippen LogP contribution is -2.37. The molecule has 0 saturated heterocycles. The number of benzene rings is 4. The summed E-state index contributed by atoms with van der Waals surface area (Å²) in [6.07, 6.45) is 3.73. The van der Waals surface area contributed by atoms with Crippen molar-refractivity contribution in [2.45, 2.75) is 106 Å². The van der Waals surface area contributed by atoms with Gasteiger partial charge in [0, 0.05) is 76.9 Å². The molecule has 25 heteroatoms. The summed E-state index contributed by atoms with van der Waals surface area (Å²) in [5.74, 6) is -1.88. The van der Waals surface area contributed by atoms with E-state index in [-0.39, 0.29) is 117 Å². The number of aryl methyl sites for hydroxylation is 2. The van der Waals surface area contributed by atoms with Gasteiger partial charge in [0.1, 0.15) is 18.0 Å².